The molecule has 0 bridgehead atoms. The zero-order chi connectivity index (χ0) is 18.5. The van der Waals surface area contributed by atoms with Crippen LogP contribution in [0.25, 0.3) is 11.5 Å². The number of carbonyl (C=O) groups is 2. The Balaban J connectivity index is 1.74. The third-order valence-corrected chi connectivity index (χ3v) is 4.54. The number of urea groups is 1. The number of hydrogen-bond donors (Lipinski definition) is 2. The SMILES string of the molecule is CCOC(=O)C1=C(CSc2nnc(-c3ccccc3C)o2)NC(=O)NC1. The van der Waals surface area contributed by atoms with Crippen LogP contribution in [0.15, 0.2) is 45.2 Å². The van der Waals surface area contributed by atoms with Crippen molar-refractivity contribution in [2.24, 2.45) is 0 Å². The van der Waals surface area contributed by atoms with Crippen LogP contribution in [-0.2, 0) is 9.53 Å². The van der Waals surface area contributed by atoms with Crippen LogP contribution >= 0.6 is 11.8 Å². The molecule has 26 heavy (non-hydrogen) atoms. The van der Waals surface area contributed by atoms with Gasteiger partial charge in [-0.25, -0.2) is 9.59 Å². The molecule has 1 aliphatic rings. The predicted octanol–water partition coefficient (Wildman–Crippen LogP) is 2.27. The maximum absolute atomic E-state index is 12.0. The first kappa shape index (κ1) is 18.0. The van der Waals surface area contributed by atoms with Gasteiger partial charge in [-0.3, -0.25) is 0 Å². The molecule has 2 amide bonds. The number of nitrogens with one attached hydrogen (secondary N) is 2. The fourth-order valence-electron chi connectivity index (χ4n) is 2.39. The molecule has 0 saturated carbocycles. The van der Waals surface area contributed by atoms with Gasteiger partial charge in [0.15, 0.2) is 0 Å². The average molecular weight is 374 g/mol. The van der Waals surface area contributed by atoms with Gasteiger partial charge < -0.3 is 19.8 Å². The van der Waals surface area contributed by atoms with Gasteiger partial charge in [-0.2, -0.15) is 0 Å². The Kier molecular flexibility index (Phi) is 5.57. The topological polar surface area (TPSA) is 106 Å². The van der Waals surface area contributed by atoms with Gasteiger partial charge in [-0.1, -0.05) is 30.0 Å². The smallest absolute Gasteiger partial charge is 0.337 e. The quantitative estimate of drug-likeness (QED) is 0.590. The van der Waals surface area contributed by atoms with E-state index in [2.05, 4.69) is 20.8 Å². The molecule has 2 heterocycles. The lowest BCUT2D eigenvalue weighted by Crippen LogP contribution is -2.44. The maximum Gasteiger partial charge on any atom is 0.337 e. The first-order valence-corrected chi connectivity index (χ1v) is 9.03. The van der Waals surface area contributed by atoms with E-state index in [-0.39, 0.29) is 19.2 Å². The summed E-state index contributed by atoms with van der Waals surface area (Å²) >= 11 is 1.24. The first-order valence-electron chi connectivity index (χ1n) is 8.04. The zero-order valence-corrected chi connectivity index (χ0v) is 15.2. The zero-order valence-electron chi connectivity index (χ0n) is 14.4. The lowest BCUT2D eigenvalue weighted by Gasteiger charge is -2.20. The van der Waals surface area contributed by atoms with Crippen LogP contribution in [0.5, 0.6) is 0 Å². The summed E-state index contributed by atoms with van der Waals surface area (Å²) in [6.07, 6.45) is 0. The van der Waals surface area contributed by atoms with Crippen molar-refractivity contribution >= 4 is 23.8 Å². The number of aryl methyl sites for hydroxylation is 1. The number of ether oxygens (including phenoxy) is 1. The molecule has 8 nitrogen and oxygen atoms in total. The lowest BCUT2D eigenvalue weighted by atomic mass is 10.1. The molecule has 1 aromatic carbocycles. The third-order valence-electron chi connectivity index (χ3n) is 3.70. The molecular weight excluding hydrogens is 356 g/mol. The van der Waals surface area contributed by atoms with E-state index < -0.39 is 5.97 Å². The fraction of sp³-hybridized carbons (Fsp3) is 0.294. The Morgan fingerprint density at radius 1 is 1.35 bits per heavy atom. The predicted molar refractivity (Wildman–Crippen MR) is 95.4 cm³/mol. The van der Waals surface area contributed by atoms with Crippen LogP contribution in [0.4, 0.5) is 4.79 Å². The summed E-state index contributed by atoms with van der Waals surface area (Å²) in [4.78, 5) is 23.6. The fourth-order valence-corrected chi connectivity index (χ4v) is 3.14. The van der Waals surface area contributed by atoms with Gasteiger partial charge >= 0.3 is 12.0 Å². The second-order valence-corrected chi connectivity index (χ2v) is 6.39. The molecule has 0 saturated heterocycles. The highest BCUT2D eigenvalue weighted by Gasteiger charge is 2.24. The lowest BCUT2D eigenvalue weighted by molar-refractivity contribution is -0.138. The standard InChI is InChI=1S/C17H18N4O4S/c1-3-24-15(22)12-8-18-16(23)19-13(12)9-26-17-21-20-14(25-17)11-7-5-4-6-10(11)2/h4-7H,3,8-9H2,1-2H3,(H2,18,19,23). The van der Waals surface area contributed by atoms with Crippen molar-refractivity contribution in [2.45, 2.75) is 19.1 Å². The molecule has 9 heteroatoms. The Hall–Kier alpha value is -2.81. The van der Waals surface area contributed by atoms with E-state index in [9.17, 15) is 9.59 Å². The molecule has 3 rings (SSSR count). The van der Waals surface area contributed by atoms with Gasteiger partial charge in [0, 0.05) is 17.0 Å². The average Bonchev–Trinajstić information content (AvgIpc) is 3.09. The maximum atomic E-state index is 12.0. The van der Waals surface area contributed by atoms with Crippen LogP contribution in [0.2, 0.25) is 0 Å². The largest absolute Gasteiger partial charge is 0.463 e. The number of carbonyl (C=O) groups excluding carboxylic acids is 2. The second kappa shape index (κ2) is 8.05. The van der Waals surface area contributed by atoms with Crippen LogP contribution in [0, 0.1) is 6.92 Å². The molecule has 0 unspecified atom stereocenters. The van der Waals surface area contributed by atoms with Crippen molar-refractivity contribution in [1.82, 2.24) is 20.8 Å². The van der Waals surface area contributed by atoms with Crippen LogP contribution < -0.4 is 10.6 Å². The minimum atomic E-state index is -0.457. The van der Waals surface area contributed by atoms with Gasteiger partial charge in [0.25, 0.3) is 5.22 Å². The van der Waals surface area contributed by atoms with E-state index in [0.717, 1.165) is 11.1 Å². The number of benzene rings is 1. The molecule has 2 aromatic rings. The van der Waals surface area contributed by atoms with Crippen molar-refractivity contribution in [1.29, 1.82) is 0 Å². The van der Waals surface area contributed by atoms with E-state index in [0.29, 0.717) is 28.1 Å². The third kappa shape index (κ3) is 4.05. The number of esters is 1. The number of nitrogens with zero attached hydrogens (tertiary/aromatic N) is 2. The second-order valence-electron chi connectivity index (χ2n) is 5.46. The Morgan fingerprint density at radius 2 is 2.15 bits per heavy atom. The number of rotatable bonds is 6. The summed E-state index contributed by atoms with van der Waals surface area (Å²) in [5, 5.41) is 13.6. The molecule has 0 fully saturated rings. The monoisotopic (exact) mass is 374 g/mol. The molecule has 2 N–H and O–H groups in total. The molecule has 0 aliphatic carbocycles. The normalized spacial score (nSPS) is 14.0. The van der Waals surface area contributed by atoms with Crippen molar-refractivity contribution in [3.63, 3.8) is 0 Å². The molecule has 0 atom stereocenters. The minimum absolute atomic E-state index is 0.124. The highest BCUT2D eigenvalue weighted by molar-refractivity contribution is 7.99. The molecular formula is C17H18N4O4S. The van der Waals surface area contributed by atoms with E-state index in [1.807, 2.05) is 31.2 Å². The Morgan fingerprint density at radius 3 is 2.92 bits per heavy atom. The van der Waals surface area contributed by atoms with Gasteiger partial charge in [-0.15, -0.1) is 10.2 Å². The molecule has 1 aromatic heterocycles. The molecule has 0 radical (unpaired) electrons. The first-order chi connectivity index (χ1) is 12.6. The van der Waals surface area contributed by atoms with Crippen LogP contribution in [0.3, 0.4) is 0 Å². The van der Waals surface area contributed by atoms with Crippen molar-refractivity contribution in [3.8, 4) is 11.5 Å². The summed E-state index contributed by atoms with van der Waals surface area (Å²) in [6.45, 7) is 4.08. The summed E-state index contributed by atoms with van der Waals surface area (Å²) in [5.74, 6) is 0.276. The van der Waals surface area contributed by atoms with Gasteiger partial charge in [0.1, 0.15) is 0 Å². The van der Waals surface area contributed by atoms with E-state index in [4.69, 9.17) is 9.15 Å². The van der Waals surface area contributed by atoms with Crippen LogP contribution in [0.1, 0.15) is 12.5 Å². The number of amides is 2. The molecule has 1 aliphatic heterocycles. The van der Waals surface area contributed by atoms with Crippen molar-refractivity contribution < 1.29 is 18.7 Å². The number of hydrogen-bond acceptors (Lipinski definition) is 7. The van der Waals surface area contributed by atoms with E-state index in [1.54, 1.807) is 6.92 Å². The minimum Gasteiger partial charge on any atom is -0.463 e. The Bertz CT molecular complexity index is 862. The number of aromatic nitrogens is 2. The van der Waals surface area contributed by atoms with Crippen LogP contribution in [-0.4, -0.2) is 41.1 Å². The Labute approximate surface area is 154 Å². The van der Waals surface area contributed by atoms with Crippen molar-refractivity contribution in [3.05, 3.63) is 41.1 Å². The summed E-state index contributed by atoms with van der Waals surface area (Å²) < 4.78 is 10.7. The number of thioether (sulfide) groups is 1. The van der Waals surface area contributed by atoms with E-state index in [1.165, 1.54) is 11.8 Å². The highest BCUT2D eigenvalue weighted by Crippen LogP contribution is 2.27. The summed E-state index contributed by atoms with van der Waals surface area (Å²) in [7, 11) is 0. The van der Waals surface area contributed by atoms with Gasteiger partial charge in [0.05, 0.1) is 18.7 Å². The molecule has 0 spiro atoms. The van der Waals surface area contributed by atoms with Gasteiger partial charge in [-0.05, 0) is 25.5 Å². The highest BCUT2D eigenvalue weighted by atomic mass is 32.2. The van der Waals surface area contributed by atoms with Gasteiger partial charge in [0.2, 0.25) is 5.89 Å². The van der Waals surface area contributed by atoms with E-state index >= 15 is 0 Å². The summed E-state index contributed by atoms with van der Waals surface area (Å²) in [6, 6.07) is 7.35. The summed E-state index contributed by atoms with van der Waals surface area (Å²) in [5.41, 5.74) is 2.77. The molecule has 136 valence electrons. The van der Waals surface area contributed by atoms with Crippen molar-refractivity contribution in [2.75, 3.05) is 18.9 Å².